The number of nitrogens with one attached hydrogen (secondary N) is 1. The number of nitriles is 1. The number of aliphatic hydroxyl groups excluding tert-OH is 2. The molecule has 2 fully saturated rings. The molecule has 2 saturated heterocycles. The first-order valence-electron chi connectivity index (χ1n) is 16.8. The largest absolute Gasteiger partial charge is 0.390 e. The van der Waals surface area contributed by atoms with Crippen LogP contribution in [0.4, 0.5) is 5.69 Å². The number of methoxy groups -OCH3 is 1. The first-order valence-corrected chi connectivity index (χ1v) is 16.8. The number of piperidine rings is 1. The Morgan fingerprint density at radius 1 is 1.04 bits per heavy atom. The monoisotopic (exact) mass is 678 g/mol. The number of aromatic nitrogens is 3. The zero-order chi connectivity index (χ0) is 34.4. The van der Waals surface area contributed by atoms with Crippen LogP contribution in [0.25, 0.3) is 16.8 Å². The van der Waals surface area contributed by atoms with Gasteiger partial charge in [0.2, 0.25) is 0 Å². The third-order valence-electron chi connectivity index (χ3n) is 8.48. The summed E-state index contributed by atoms with van der Waals surface area (Å²) in [4.78, 5) is 15.0. The molecule has 14 heteroatoms. The summed E-state index contributed by atoms with van der Waals surface area (Å²) in [6.07, 6.45) is 4.05. The van der Waals surface area contributed by atoms with Crippen molar-refractivity contribution in [2.75, 3.05) is 64.7 Å². The molecule has 2 aromatic carbocycles. The summed E-state index contributed by atoms with van der Waals surface area (Å²) < 4.78 is 29.0. The molecule has 5 rings (SSSR count). The second-order valence-corrected chi connectivity index (χ2v) is 12.1. The lowest BCUT2D eigenvalue weighted by atomic mass is 10.0. The summed E-state index contributed by atoms with van der Waals surface area (Å²) in [6, 6.07) is 14.4. The number of nitrogens with zero attached hydrogens (tertiary/aromatic N) is 5. The maximum Gasteiger partial charge on any atom is 0.262 e. The van der Waals surface area contributed by atoms with Gasteiger partial charge < -0.3 is 44.1 Å². The molecule has 0 saturated carbocycles. The topological polar surface area (TPSA) is 173 Å². The summed E-state index contributed by atoms with van der Waals surface area (Å²) in [6.45, 7) is 4.78. The fourth-order valence-electron chi connectivity index (χ4n) is 5.88. The molecule has 4 atom stereocenters. The molecule has 0 bridgehead atoms. The quantitative estimate of drug-likeness (QED) is 0.108. The first-order chi connectivity index (χ1) is 23.9. The van der Waals surface area contributed by atoms with Crippen LogP contribution in [0.1, 0.15) is 36.9 Å². The molecule has 0 aliphatic carbocycles. The number of rotatable bonds is 17. The Balaban J connectivity index is 0.914. The molecule has 3 aromatic rings. The van der Waals surface area contributed by atoms with Gasteiger partial charge in [-0.3, -0.25) is 4.79 Å². The maximum atomic E-state index is 12.6. The van der Waals surface area contributed by atoms with Crippen LogP contribution in [0.15, 0.2) is 48.2 Å². The molecule has 1 aromatic heterocycles. The zero-order valence-corrected chi connectivity index (χ0v) is 27.9. The predicted octanol–water partition coefficient (Wildman–Crippen LogP) is 2.18. The van der Waals surface area contributed by atoms with E-state index in [2.05, 4.69) is 38.7 Å². The first kappa shape index (κ1) is 36.3. The molecule has 2 aliphatic rings. The van der Waals surface area contributed by atoms with E-state index in [4.69, 9.17) is 23.7 Å². The van der Waals surface area contributed by atoms with Gasteiger partial charge in [-0.05, 0) is 59.9 Å². The summed E-state index contributed by atoms with van der Waals surface area (Å²) in [5, 5.41) is 42.6. The number of ether oxygens (including phenoxy) is 5. The predicted molar refractivity (Wildman–Crippen MR) is 180 cm³/mol. The van der Waals surface area contributed by atoms with Crippen molar-refractivity contribution in [1.82, 2.24) is 20.3 Å². The van der Waals surface area contributed by atoms with Crippen molar-refractivity contribution in [3.8, 4) is 6.07 Å². The van der Waals surface area contributed by atoms with Crippen LogP contribution < -0.4 is 10.2 Å². The minimum absolute atomic E-state index is 0.0363. The van der Waals surface area contributed by atoms with Gasteiger partial charge in [0.1, 0.15) is 23.4 Å². The minimum Gasteiger partial charge on any atom is -0.390 e. The fourth-order valence-corrected chi connectivity index (χ4v) is 5.88. The third kappa shape index (κ3) is 10.8. The van der Waals surface area contributed by atoms with Gasteiger partial charge >= 0.3 is 0 Å². The van der Waals surface area contributed by atoms with Crippen LogP contribution in [-0.4, -0.2) is 115 Å². The lowest BCUT2D eigenvalue weighted by molar-refractivity contribution is -0.260. The number of fused-ring (bicyclic) bond motifs is 1. The van der Waals surface area contributed by atoms with Crippen molar-refractivity contribution in [2.45, 2.75) is 63.4 Å². The van der Waals surface area contributed by atoms with Crippen molar-refractivity contribution in [2.24, 2.45) is 0 Å². The zero-order valence-electron chi connectivity index (χ0n) is 27.9. The molecule has 0 radical (unpaired) electrons. The van der Waals surface area contributed by atoms with E-state index in [1.54, 1.807) is 17.0 Å². The van der Waals surface area contributed by atoms with E-state index in [-0.39, 0.29) is 37.9 Å². The second kappa shape index (κ2) is 18.7. The Morgan fingerprint density at radius 2 is 1.78 bits per heavy atom. The van der Waals surface area contributed by atoms with Gasteiger partial charge in [-0.1, -0.05) is 23.4 Å². The molecule has 2 aliphatic heterocycles. The number of aliphatic hydroxyl groups is 2. The smallest absolute Gasteiger partial charge is 0.262 e. The van der Waals surface area contributed by atoms with Crippen LogP contribution in [-0.2, 0) is 41.6 Å². The van der Waals surface area contributed by atoms with Crippen LogP contribution in [0.3, 0.4) is 0 Å². The number of hydrogen-bond acceptors (Lipinski definition) is 12. The average Bonchev–Trinajstić information content (AvgIpc) is 3.57. The molecule has 1 amide bonds. The van der Waals surface area contributed by atoms with Gasteiger partial charge in [-0.2, -0.15) is 5.26 Å². The van der Waals surface area contributed by atoms with Crippen molar-refractivity contribution in [3.05, 3.63) is 59.4 Å². The Hall–Kier alpha value is -3.94. The minimum atomic E-state index is -1.09. The van der Waals surface area contributed by atoms with Gasteiger partial charge in [-0.15, -0.1) is 5.10 Å². The number of carbonyl (C=O) groups is 1. The molecular weight excluding hydrogens is 632 g/mol. The maximum absolute atomic E-state index is 12.6. The molecule has 49 heavy (non-hydrogen) atoms. The SMILES string of the molecule is CO[C@H]1O[C@H](Cn2cc(COCCOCCOCCNC(=O)/C(C#N)=C/c3ccc4cc(N5CCCCC5)ccc4c3)nn2)C[C@H](O)[C@H]1O. The highest BCUT2D eigenvalue weighted by Crippen LogP contribution is 2.26. The molecule has 3 N–H and O–H groups in total. The standard InChI is InChI=1S/C35H46N6O8/c1-45-35-33(43)32(42)20-31(49-35)23-41-22-29(38-39-41)24-48-16-15-47-14-13-46-12-9-37-34(44)28(21-36)18-25-5-6-27-19-30(8-7-26(27)17-25)40-10-3-2-4-11-40/h5-8,17-19,22,31-33,35,42-43H,2-4,9-16,20,23-24H2,1H3,(H,37,44)/b28-18+/t31-,32-,33+,35-/m0/s1. The highest BCUT2D eigenvalue weighted by atomic mass is 16.7. The molecule has 14 nitrogen and oxygen atoms in total. The van der Waals surface area contributed by atoms with Gasteiger partial charge in [0.05, 0.1) is 64.6 Å². The van der Waals surface area contributed by atoms with Crippen molar-refractivity contribution >= 4 is 28.4 Å². The number of anilines is 1. The molecule has 264 valence electrons. The summed E-state index contributed by atoms with van der Waals surface area (Å²) >= 11 is 0. The second-order valence-electron chi connectivity index (χ2n) is 12.1. The molecule has 0 spiro atoms. The Labute approximate surface area is 286 Å². The number of benzene rings is 2. The van der Waals surface area contributed by atoms with Crippen LogP contribution in [0, 0.1) is 11.3 Å². The fraction of sp³-hybridized carbons (Fsp3) is 0.543. The molecular formula is C35H46N6O8. The van der Waals surface area contributed by atoms with Crippen LogP contribution in [0.5, 0.6) is 0 Å². The third-order valence-corrected chi connectivity index (χ3v) is 8.48. The van der Waals surface area contributed by atoms with E-state index in [1.807, 2.05) is 24.3 Å². The van der Waals surface area contributed by atoms with E-state index < -0.39 is 24.4 Å². The number of hydrogen-bond donors (Lipinski definition) is 3. The summed E-state index contributed by atoms with van der Waals surface area (Å²) in [5.74, 6) is -0.444. The van der Waals surface area contributed by atoms with Gasteiger partial charge in [0.15, 0.2) is 6.29 Å². The van der Waals surface area contributed by atoms with Gasteiger partial charge in [0, 0.05) is 38.9 Å². The molecule has 3 heterocycles. The number of carbonyl (C=O) groups excluding carboxylic acids is 1. The summed E-state index contributed by atoms with van der Waals surface area (Å²) in [5.41, 5.74) is 2.71. The Bertz CT molecular complexity index is 1570. The van der Waals surface area contributed by atoms with E-state index in [1.165, 1.54) is 32.1 Å². The Morgan fingerprint density at radius 3 is 2.55 bits per heavy atom. The van der Waals surface area contributed by atoms with E-state index in [0.29, 0.717) is 38.7 Å². The normalized spacial score (nSPS) is 21.5. The van der Waals surface area contributed by atoms with Gasteiger partial charge in [0.25, 0.3) is 5.91 Å². The van der Waals surface area contributed by atoms with Crippen molar-refractivity contribution in [1.29, 1.82) is 5.26 Å². The Kier molecular flexibility index (Phi) is 13.9. The van der Waals surface area contributed by atoms with Crippen LogP contribution >= 0.6 is 0 Å². The van der Waals surface area contributed by atoms with E-state index in [9.17, 15) is 20.3 Å². The van der Waals surface area contributed by atoms with Crippen molar-refractivity contribution < 1.29 is 38.7 Å². The van der Waals surface area contributed by atoms with Crippen LogP contribution in [0.2, 0.25) is 0 Å². The summed E-state index contributed by atoms with van der Waals surface area (Å²) in [7, 11) is 1.41. The van der Waals surface area contributed by atoms with Gasteiger partial charge in [-0.25, -0.2) is 4.68 Å². The highest BCUT2D eigenvalue weighted by molar-refractivity contribution is 6.02. The lowest BCUT2D eigenvalue weighted by Crippen LogP contribution is -2.50. The van der Waals surface area contributed by atoms with E-state index in [0.717, 1.165) is 29.4 Å². The molecule has 0 unspecified atom stereocenters. The average molecular weight is 679 g/mol. The highest BCUT2D eigenvalue weighted by Gasteiger charge is 2.37. The van der Waals surface area contributed by atoms with Crippen molar-refractivity contribution in [3.63, 3.8) is 0 Å². The lowest BCUT2D eigenvalue weighted by Gasteiger charge is -2.35. The number of amides is 1. The van der Waals surface area contributed by atoms with E-state index >= 15 is 0 Å².